The lowest BCUT2D eigenvalue weighted by Crippen LogP contribution is -2.30. The second-order valence-electron chi connectivity index (χ2n) is 7.67. The van der Waals surface area contributed by atoms with Gasteiger partial charge < -0.3 is 16.0 Å². The van der Waals surface area contributed by atoms with E-state index in [9.17, 15) is 9.59 Å². The zero-order chi connectivity index (χ0) is 23.1. The summed E-state index contributed by atoms with van der Waals surface area (Å²) in [4.78, 5) is 29.2. The van der Waals surface area contributed by atoms with Crippen LogP contribution in [0.3, 0.4) is 0 Å². The third-order valence-electron chi connectivity index (χ3n) is 4.57. The molecule has 0 aliphatic heterocycles. The van der Waals surface area contributed by atoms with Gasteiger partial charge in [-0.1, -0.05) is 55.2 Å². The third-order valence-corrected chi connectivity index (χ3v) is 6.09. The number of hydrogen-bond donors (Lipinski definition) is 3. The quantitative estimate of drug-likeness (QED) is 0.335. The molecule has 1 aromatic heterocycles. The molecule has 1 heterocycles. The number of urea groups is 1. The minimum absolute atomic E-state index is 0.0716. The van der Waals surface area contributed by atoms with Gasteiger partial charge in [0.2, 0.25) is 5.91 Å². The standard InChI is InChI=1S/C23H24Cl2N4O2S/c1-14(2)12-19(22-26-10-11-32-22)28-20(30)13-15-6-8-16(9-7-15)27-23(31)29-21-17(24)4-3-5-18(21)25/h3-11,14,19H,12-13H2,1-2H3,(H,28,30)(H2,27,29,31). The van der Waals surface area contributed by atoms with Crippen molar-refractivity contribution in [3.05, 3.63) is 74.7 Å². The van der Waals surface area contributed by atoms with Crippen molar-refractivity contribution < 1.29 is 9.59 Å². The molecule has 0 spiro atoms. The fourth-order valence-corrected chi connectivity index (χ4v) is 4.32. The highest BCUT2D eigenvalue weighted by Gasteiger charge is 2.18. The van der Waals surface area contributed by atoms with Crippen LogP contribution in [0.2, 0.25) is 10.0 Å². The molecule has 3 amide bonds. The van der Waals surface area contributed by atoms with Gasteiger partial charge in [-0.2, -0.15) is 0 Å². The van der Waals surface area contributed by atoms with Crippen LogP contribution in [0.4, 0.5) is 16.2 Å². The van der Waals surface area contributed by atoms with E-state index in [0.717, 1.165) is 17.0 Å². The number of thiazole rings is 1. The Morgan fingerprint density at radius 3 is 2.31 bits per heavy atom. The summed E-state index contributed by atoms with van der Waals surface area (Å²) in [5.41, 5.74) is 1.76. The number of halogens is 2. The van der Waals surface area contributed by atoms with Crippen LogP contribution in [0.15, 0.2) is 54.0 Å². The Hall–Kier alpha value is -2.61. The molecule has 168 valence electrons. The summed E-state index contributed by atoms with van der Waals surface area (Å²) < 4.78 is 0. The Bertz CT molecular complexity index is 1040. The van der Waals surface area contributed by atoms with E-state index in [2.05, 4.69) is 34.8 Å². The average Bonchev–Trinajstić information content (AvgIpc) is 3.26. The molecule has 0 radical (unpaired) electrons. The number of benzene rings is 2. The first-order chi connectivity index (χ1) is 15.3. The number of aromatic nitrogens is 1. The molecule has 0 saturated carbocycles. The molecule has 0 saturated heterocycles. The zero-order valence-corrected chi connectivity index (χ0v) is 20.0. The molecule has 0 fully saturated rings. The van der Waals surface area contributed by atoms with Crippen molar-refractivity contribution in [2.45, 2.75) is 32.7 Å². The summed E-state index contributed by atoms with van der Waals surface area (Å²) in [6.45, 7) is 4.24. The highest BCUT2D eigenvalue weighted by Crippen LogP contribution is 2.30. The molecule has 2 aromatic carbocycles. The van der Waals surface area contributed by atoms with Crippen LogP contribution in [-0.2, 0) is 11.2 Å². The number of anilines is 2. The van der Waals surface area contributed by atoms with Gasteiger partial charge in [0.15, 0.2) is 0 Å². The van der Waals surface area contributed by atoms with Gasteiger partial charge in [-0.05, 0) is 42.2 Å². The van der Waals surface area contributed by atoms with Crippen LogP contribution in [0.1, 0.15) is 36.9 Å². The highest BCUT2D eigenvalue weighted by molar-refractivity contribution is 7.09. The topological polar surface area (TPSA) is 83.1 Å². The summed E-state index contributed by atoms with van der Waals surface area (Å²) in [7, 11) is 0. The van der Waals surface area contributed by atoms with Crippen LogP contribution in [0.25, 0.3) is 0 Å². The van der Waals surface area contributed by atoms with Gasteiger partial charge in [0.25, 0.3) is 0 Å². The van der Waals surface area contributed by atoms with Crippen molar-refractivity contribution >= 4 is 57.9 Å². The highest BCUT2D eigenvalue weighted by atomic mass is 35.5. The molecule has 0 bridgehead atoms. The summed E-state index contributed by atoms with van der Waals surface area (Å²) >= 11 is 13.7. The van der Waals surface area contributed by atoms with Crippen LogP contribution >= 0.6 is 34.5 Å². The Kier molecular flexibility index (Phi) is 8.50. The van der Waals surface area contributed by atoms with Crippen molar-refractivity contribution in [3.8, 4) is 0 Å². The number of amides is 3. The SMILES string of the molecule is CC(C)CC(NC(=O)Cc1ccc(NC(=O)Nc2c(Cl)cccc2Cl)cc1)c1nccs1. The molecule has 3 aromatic rings. The van der Waals surface area contributed by atoms with Crippen LogP contribution < -0.4 is 16.0 Å². The first kappa shape index (κ1) is 24.0. The van der Waals surface area contributed by atoms with Crippen LogP contribution in [-0.4, -0.2) is 16.9 Å². The summed E-state index contributed by atoms with van der Waals surface area (Å²) in [5, 5.41) is 12.0. The average molecular weight is 491 g/mol. The van der Waals surface area contributed by atoms with Crippen molar-refractivity contribution in [2.75, 3.05) is 10.6 Å². The fourth-order valence-electron chi connectivity index (χ4n) is 3.13. The Balaban J connectivity index is 1.55. The molecule has 9 heteroatoms. The van der Waals surface area contributed by atoms with Gasteiger partial charge in [0.1, 0.15) is 5.01 Å². The van der Waals surface area contributed by atoms with Crippen LogP contribution in [0.5, 0.6) is 0 Å². The smallest absolute Gasteiger partial charge is 0.323 e. The summed E-state index contributed by atoms with van der Waals surface area (Å²) in [6, 6.07) is 11.5. The third kappa shape index (κ3) is 6.95. The van der Waals surface area contributed by atoms with E-state index in [1.54, 1.807) is 60.0 Å². The van der Waals surface area contributed by atoms with Crippen LogP contribution in [0, 0.1) is 5.92 Å². The van der Waals surface area contributed by atoms with E-state index in [1.165, 1.54) is 0 Å². The van der Waals surface area contributed by atoms with Gasteiger partial charge in [0.05, 0.1) is 28.2 Å². The van der Waals surface area contributed by atoms with Gasteiger partial charge in [-0.15, -0.1) is 11.3 Å². The number of nitrogens with zero attached hydrogens (tertiary/aromatic N) is 1. The lowest BCUT2D eigenvalue weighted by Gasteiger charge is -2.18. The molecule has 3 rings (SSSR count). The molecule has 0 aliphatic carbocycles. The minimum atomic E-state index is -0.467. The maximum Gasteiger partial charge on any atom is 0.323 e. The van der Waals surface area contributed by atoms with E-state index in [0.29, 0.717) is 27.3 Å². The molecule has 32 heavy (non-hydrogen) atoms. The van der Waals surface area contributed by atoms with Crippen molar-refractivity contribution in [2.24, 2.45) is 5.92 Å². The number of hydrogen-bond acceptors (Lipinski definition) is 4. The van der Waals surface area contributed by atoms with E-state index < -0.39 is 6.03 Å². The van der Waals surface area contributed by atoms with Gasteiger partial charge in [-0.25, -0.2) is 9.78 Å². The van der Waals surface area contributed by atoms with E-state index in [1.807, 2.05) is 5.38 Å². The Morgan fingerprint density at radius 1 is 1.03 bits per heavy atom. The number of nitrogens with one attached hydrogen (secondary N) is 3. The largest absolute Gasteiger partial charge is 0.347 e. The lowest BCUT2D eigenvalue weighted by atomic mass is 10.0. The minimum Gasteiger partial charge on any atom is -0.347 e. The number of carbonyl (C=O) groups is 2. The van der Waals surface area contributed by atoms with E-state index in [4.69, 9.17) is 23.2 Å². The second kappa shape index (κ2) is 11.3. The number of rotatable bonds is 8. The Labute approximate surface area is 201 Å². The van der Waals surface area contributed by atoms with E-state index in [-0.39, 0.29) is 18.4 Å². The number of carbonyl (C=O) groups excluding carboxylic acids is 2. The van der Waals surface area contributed by atoms with Crippen molar-refractivity contribution in [1.82, 2.24) is 10.3 Å². The molecular formula is C23H24Cl2N4O2S. The molecule has 1 atom stereocenters. The number of para-hydroxylation sites is 1. The summed E-state index contributed by atoms with van der Waals surface area (Å²) in [5.74, 6) is 0.360. The lowest BCUT2D eigenvalue weighted by molar-refractivity contribution is -0.121. The van der Waals surface area contributed by atoms with E-state index >= 15 is 0 Å². The normalized spacial score (nSPS) is 11.8. The predicted octanol–water partition coefficient (Wildman–Crippen LogP) is 6.54. The molecule has 1 unspecified atom stereocenters. The Morgan fingerprint density at radius 2 is 1.72 bits per heavy atom. The molecular weight excluding hydrogens is 467 g/mol. The molecule has 0 aliphatic rings. The zero-order valence-electron chi connectivity index (χ0n) is 17.7. The second-order valence-corrected chi connectivity index (χ2v) is 9.41. The molecule has 3 N–H and O–H groups in total. The maximum atomic E-state index is 12.6. The fraction of sp³-hybridized carbons (Fsp3) is 0.261. The van der Waals surface area contributed by atoms with Gasteiger partial charge >= 0.3 is 6.03 Å². The molecule has 6 nitrogen and oxygen atoms in total. The first-order valence-electron chi connectivity index (χ1n) is 10.1. The van der Waals surface area contributed by atoms with Gasteiger partial charge in [-0.3, -0.25) is 4.79 Å². The predicted molar refractivity (Wildman–Crippen MR) is 132 cm³/mol. The van der Waals surface area contributed by atoms with Gasteiger partial charge in [0, 0.05) is 17.3 Å². The summed E-state index contributed by atoms with van der Waals surface area (Å²) in [6.07, 6.45) is 2.81. The first-order valence-corrected chi connectivity index (χ1v) is 11.7. The monoisotopic (exact) mass is 490 g/mol. The maximum absolute atomic E-state index is 12.6. The van der Waals surface area contributed by atoms with Crippen molar-refractivity contribution in [3.63, 3.8) is 0 Å². The van der Waals surface area contributed by atoms with Crippen molar-refractivity contribution in [1.29, 1.82) is 0 Å².